The molecule has 0 radical (unpaired) electrons. The van der Waals surface area contributed by atoms with E-state index in [9.17, 15) is 14.4 Å². The summed E-state index contributed by atoms with van der Waals surface area (Å²) in [6.07, 6.45) is 0.0754. The van der Waals surface area contributed by atoms with Crippen molar-refractivity contribution in [3.05, 3.63) is 0 Å². The van der Waals surface area contributed by atoms with E-state index in [0.29, 0.717) is 0 Å². The number of hydrogen-bond acceptors (Lipinski definition) is 4. The van der Waals surface area contributed by atoms with E-state index < -0.39 is 23.6 Å². The summed E-state index contributed by atoms with van der Waals surface area (Å²) < 4.78 is 5.12. The molecule has 0 aromatic rings. The van der Waals surface area contributed by atoms with Crippen molar-refractivity contribution < 1.29 is 24.2 Å². The van der Waals surface area contributed by atoms with Gasteiger partial charge in [0.1, 0.15) is 5.60 Å². The second-order valence-corrected chi connectivity index (χ2v) is 5.12. The van der Waals surface area contributed by atoms with Gasteiger partial charge in [0, 0.05) is 19.4 Å². The summed E-state index contributed by atoms with van der Waals surface area (Å²) in [7, 11) is 0. The van der Waals surface area contributed by atoms with Crippen LogP contribution in [0, 0.1) is 0 Å². The zero-order valence-corrected chi connectivity index (χ0v) is 11.3. The van der Waals surface area contributed by atoms with Gasteiger partial charge in [-0.25, -0.2) is 0 Å². The van der Waals surface area contributed by atoms with Crippen molar-refractivity contribution in [2.45, 2.75) is 58.6 Å². The Morgan fingerprint density at radius 2 is 1.83 bits per heavy atom. The molecule has 0 aliphatic carbocycles. The third-order valence-corrected chi connectivity index (χ3v) is 1.95. The lowest BCUT2D eigenvalue weighted by Gasteiger charge is -2.22. The van der Waals surface area contributed by atoms with Crippen molar-refractivity contribution in [2.24, 2.45) is 0 Å². The summed E-state index contributed by atoms with van der Waals surface area (Å²) in [5.74, 6) is -1.71. The molecule has 0 unspecified atom stereocenters. The highest BCUT2D eigenvalue weighted by molar-refractivity contribution is 5.76. The normalized spacial score (nSPS) is 12.7. The highest BCUT2D eigenvalue weighted by Gasteiger charge is 2.21. The van der Waals surface area contributed by atoms with Gasteiger partial charge in [-0.05, 0) is 27.2 Å². The maximum atomic E-state index is 11.6. The summed E-state index contributed by atoms with van der Waals surface area (Å²) in [6.45, 7) is 6.56. The summed E-state index contributed by atoms with van der Waals surface area (Å²) in [6, 6.07) is -0.506. The Bertz CT molecular complexity index is 319. The molecule has 0 aliphatic heterocycles. The van der Waals surface area contributed by atoms with Crippen LogP contribution < -0.4 is 5.32 Å². The van der Waals surface area contributed by atoms with Crippen LogP contribution in [0.2, 0.25) is 0 Å². The van der Waals surface area contributed by atoms with Crippen molar-refractivity contribution in [1.29, 1.82) is 0 Å². The van der Waals surface area contributed by atoms with Crippen molar-refractivity contribution >= 4 is 17.8 Å². The van der Waals surface area contributed by atoms with Gasteiger partial charge in [0.15, 0.2) is 0 Å². The average molecular weight is 259 g/mol. The Morgan fingerprint density at radius 3 is 2.22 bits per heavy atom. The Hall–Kier alpha value is -1.59. The third kappa shape index (κ3) is 9.62. The highest BCUT2D eigenvalue weighted by atomic mass is 16.6. The minimum atomic E-state index is -0.963. The minimum absolute atomic E-state index is 0.0237. The molecule has 104 valence electrons. The van der Waals surface area contributed by atoms with Gasteiger partial charge < -0.3 is 15.2 Å². The van der Waals surface area contributed by atoms with Crippen LogP contribution in [0.3, 0.4) is 0 Å². The molecule has 0 saturated carbocycles. The van der Waals surface area contributed by atoms with Gasteiger partial charge in [0.05, 0.1) is 6.42 Å². The summed E-state index contributed by atoms with van der Waals surface area (Å²) >= 11 is 0. The van der Waals surface area contributed by atoms with Gasteiger partial charge in [0.2, 0.25) is 5.91 Å². The molecule has 0 heterocycles. The number of carboxylic acid groups (broad SMARTS) is 1. The zero-order valence-electron chi connectivity index (χ0n) is 11.3. The van der Waals surface area contributed by atoms with E-state index in [1.54, 1.807) is 20.8 Å². The molecule has 18 heavy (non-hydrogen) atoms. The molecular formula is C12H21NO5. The molecule has 1 amide bonds. The quantitative estimate of drug-likeness (QED) is 0.696. The maximum absolute atomic E-state index is 11.6. The first-order valence-electron chi connectivity index (χ1n) is 5.81. The van der Waals surface area contributed by atoms with E-state index in [4.69, 9.17) is 9.84 Å². The van der Waals surface area contributed by atoms with Gasteiger partial charge >= 0.3 is 11.9 Å². The van der Waals surface area contributed by atoms with E-state index in [0.717, 1.165) is 0 Å². The topological polar surface area (TPSA) is 92.7 Å². The predicted molar refractivity (Wildman–Crippen MR) is 64.9 cm³/mol. The van der Waals surface area contributed by atoms with Gasteiger partial charge in [-0.15, -0.1) is 0 Å². The number of nitrogens with one attached hydrogen (secondary N) is 1. The fourth-order valence-electron chi connectivity index (χ4n) is 1.39. The molecule has 1 atom stereocenters. The second kappa shape index (κ2) is 6.98. The Morgan fingerprint density at radius 1 is 1.28 bits per heavy atom. The first kappa shape index (κ1) is 16.4. The van der Waals surface area contributed by atoms with E-state index >= 15 is 0 Å². The van der Waals surface area contributed by atoms with Crippen LogP contribution in [0.25, 0.3) is 0 Å². The number of amides is 1. The van der Waals surface area contributed by atoms with Crippen molar-refractivity contribution in [3.63, 3.8) is 0 Å². The molecule has 0 fully saturated rings. The van der Waals surface area contributed by atoms with Crippen molar-refractivity contribution in [3.8, 4) is 0 Å². The molecule has 0 rings (SSSR count). The Balaban J connectivity index is 4.34. The van der Waals surface area contributed by atoms with Gasteiger partial charge in [0.25, 0.3) is 0 Å². The lowest BCUT2D eigenvalue weighted by Crippen LogP contribution is -2.37. The first-order valence-corrected chi connectivity index (χ1v) is 5.81. The van der Waals surface area contributed by atoms with Crippen LogP contribution >= 0.6 is 0 Å². The maximum Gasteiger partial charge on any atom is 0.308 e. The predicted octanol–water partition coefficient (Wildman–Crippen LogP) is 1.09. The van der Waals surface area contributed by atoms with E-state index in [1.165, 1.54) is 6.92 Å². The summed E-state index contributed by atoms with van der Waals surface area (Å²) in [5.41, 5.74) is -0.593. The molecule has 0 aromatic carbocycles. The number of esters is 1. The van der Waals surface area contributed by atoms with E-state index in [-0.39, 0.29) is 25.2 Å². The molecular weight excluding hydrogens is 238 g/mol. The monoisotopic (exact) mass is 259 g/mol. The lowest BCUT2D eigenvalue weighted by atomic mass is 10.1. The fourth-order valence-corrected chi connectivity index (χ4v) is 1.39. The van der Waals surface area contributed by atoms with Crippen LogP contribution in [-0.4, -0.2) is 34.6 Å². The van der Waals surface area contributed by atoms with Gasteiger partial charge in [-0.2, -0.15) is 0 Å². The highest BCUT2D eigenvalue weighted by Crippen LogP contribution is 2.11. The largest absolute Gasteiger partial charge is 0.481 e. The molecule has 0 bridgehead atoms. The fraction of sp³-hybridized carbons (Fsp3) is 0.750. The number of hydrogen-bond donors (Lipinski definition) is 2. The summed E-state index contributed by atoms with van der Waals surface area (Å²) in [5, 5.41) is 11.1. The van der Waals surface area contributed by atoms with Crippen molar-refractivity contribution in [1.82, 2.24) is 5.32 Å². The average Bonchev–Trinajstić information content (AvgIpc) is 2.09. The number of carbonyl (C=O) groups excluding carboxylic acids is 2. The van der Waals surface area contributed by atoms with Crippen LogP contribution in [0.5, 0.6) is 0 Å². The molecule has 0 aliphatic rings. The van der Waals surface area contributed by atoms with E-state index in [1.807, 2.05) is 0 Å². The third-order valence-electron chi connectivity index (χ3n) is 1.95. The van der Waals surface area contributed by atoms with Gasteiger partial charge in [-0.3, -0.25) is 14.4 Å². The minimum Gasteiger partial charge on any atom is -0.481 e. The SMILES string of the molecule is CC(=O)N[C@@H](CCC(=O)O)CC(=O)OC(C)(C)C. The number of carboxylic acids is 1. The zero-order chi connectivity index (χ0) is 14.3. The van der Waals surface area contributed by atoms with Crippen LogP contribution in [0.1, 0.15) is 47.0 Å². The molecule has 2 N–H and O–H groups in total. The second-order valence-electron chi connectivity index (χ2n) is 5.12. The smallest absolute Gasteiger partial charge is 0.308 e. The standard InChI is InChI=1S/C12H21NO5/c1-8(14)13-9(5-6-10(15)16)7-11(17)18-12(2,3)4/h9H,5-7H2,1-4H3,(H,13,14)(H,15,16)/t9-/m0/s1. The Kier molecular flexibility index (Phi) is 6.36. The number of ether oxygens (including phenoxy) is 1. The van der Waals surface area contributed by atoms with Crippen LogP contribution in [0.15, 0.2) is 0 Å². The number of rotatable bonds is 6. The molecule has 6 nitrogen and oxygen atoms in total. The first-order chi connectivity index (χ1) is 8.10. The molecule has 0 saturated heterocycles. The van der Waals surface area contributed by atoms with Crippen LogP contribution in [0.4, 0.5) is 0 Å². The lowest BCUT2D eigenvalue weighted by molar-refractivity contribution is -0.155. The van der Waals surface area contributed by atoms with E-state index in [2.05, 4.69) is 5.32 Å². The van der Waals surface area contributed by atoms with Gasteiger partial charge in [-0.1, -0.05) is 0 Å². The molecule has 0 spiro atoms. The molecule has 0 aromatic heterocycles. The molecule has 6 heteroatoms. The number of aliphatic carboxylic acids is 1. The Labute approximate surface area is 107 Å². The van der Waals surface area contributed by atoms with Crippen LogP contribution in [-0.2, 0) is 19.1 Å². The van der Waals surface area contributed by atoms with Crippen molar-refractivity contribution in [2.75, 3.05) is 0 Å². The number of carbonyl (C=O) groups is 3. The summed E-state index contributed by atoms with van der Waals surface area (Å²) in [4.78, 5) is 33.0.